The molecule has 0 aliphatic carbocycles. The zero-order chi connectivity index (χ0) is 11.4. The van der Waals surface area contributed by atoms with Gasteiger partial charge in [-0.25, -0.2) is 9.78 Å². The summed E-state index contributed by atoms with van der Waals surface area (Å²) in [7, 11) is 0. The lowest BCUT2D eigenvalue weighted by molar-refractivity contribution is -0.384. The first-order valence-electron chi connectivity index (χ1n) is 4.13. The molecule has 0 aliphatic heterocycles. The molecule has 0 aliphatic rings. The second-order valence-electron chi connectivity index (χ2n) is 2.61. The van der Waals surface area contributed by atoms with E-state index in [-0.39, 0.29) is 23.7 Å². The van der Waals surface area contributed by atoms with Gasteiger partial charge in [-0.1, -0.05) is 0 Å². The summed E-state index contributed by atoms with van der Waals surface area (Å²) in [5, 5.41) is 10.4. The van der Waals surface area contributed by atoms with Gasteiger partial charge in [-0.2, -0.15) is 0 Å². The standard InChI is InChI=1S/C8H9N3O4/c1-2-15-8(12)6-3-5(9)7(4-10-6)11(13)14/h3-4H,2H2,1H3,(H2,9,10). The lowest BCUT2D eigenvalue weighted by Crippen LogP contribution is -2.08. The van der Waals surface area contributed by atoms with Crippen LogP contribution in [0.15, 0.2) is 12.3 Å². The average molecular weight is 211 g/mol. The summed E-state index contributed by atoms with van der Waals surface area (Å²) in [6, 6.07) is 1.12. The summed E-state index contributed by atoms with van der Waals surface area (Å²) in [5.41, 5.74) is 4.88. The molecule has 7 heteroatoms. The Bertz CT molecular complexity index is 405. The second-order valence-corrected chi connectivity index (χ2v) is 2.61. The SMILES string of the molecule is CCOC(=O)c1cc(N)c([N+](=O)[O-])cn1. The Morgan fingerprint density at radius 1 is 1.73 bits per heavy atom. The van der Waals surface area contributed by atoms with E-state index < -0.39 is 10.9 Å². The van der Waals surface area contributed by atoms with Crippen LogP contribution in [0.1, 0.15) is 17.4 Å². The quantitative estimate of drug-likeness (QED) is 0.449. The maximum atomic E-state index is 11.2. The van der Waals surface area contributed by atoms with Gasteiger partial charge in [-0.15, -0.1) is 0 Å². The number of pyridine rings is 1. The Morgan fingerprint density at radius 3 is 2.87 bits per heavy atom. The van der Waals surface area contributed by atoms with Crippen molar-refractivity contribution in [2.45, 2.75) is 6.92 Å². The Kier molecular flexibility index (Phi) is 3.17. The topological polar surface area (TPSA) is 108 Å². The van der Waals surface area contributed by atoms with Gasteiger partial charge in [0, 0.05) is 6.07 Å². The maximum absolute atomic E-state index is 11.2. The summed E-state index contributed by atoms with van der Waals surface area (Å²) in [5.74, 6) is -0.654. The van der Waals surface area contributed by atoms with Crippen molar-refractivity contribution in [2.24, 2.45) is 0 Å². The predicted molar refractivity (Wildman–Crippen MR) is 51.3 cm³/mol. The molecule has 0 radical (unpaired) electrons. The molecule has 0 atom stereocenters. The van der Waals surface area contributed by atoms with Gasteiger partial charge in [0.2, 0.25) is 0 Å². The Balaban J connectivity index is 3.01. The first kappa shape index (κ1) is 10.9. The van der Waals surface area contributed by atoms with Crippen molar-refractivity contribution in [2.75, 3.05) is 12.3 Å². The number of nitrogens with two attached hydrogens (primary N) is 1. The van der Waals surface area contributed by atoms with Gasteiger partial charge in [0.15, 0.2) is 5.69 Å². The maximum Gasteiger partial charge on any atom is 0.356 e. The Hall–Kier alpha value is -2.18. The largest absolute Gasteiger partial charge is 0.461 e. The van der Waals surface area contributed by atoms with Crippen molar-refractivity contribution >= 4 is 17.3 Å². The number of nitrogens with zero attached hydrogens (tertiary/aromatic N) is 2. The molecule has 2 N–H and O–H groups in total. The fourth-order valence-electron chi connectivity index (χ4n) is 0.933. The third-order valence-electron chi connectivity index (χ3n) is 1.60. The third kappa shape index (κ3) is 2.39. The number of esters is 1. The number of hydrogen-bond donors (Lipinski definition) is 1. The summed E-state index contributed by atoms with van der Waals surface area (Å²) < 4.78 is 4.66. The van der Waals surface area contributed by atoms with Gasteiger partial charge in [-0.3, -0.25) is 10.1 Å². The molecule has 7 nitrogen and oxygen atoms in total. The van der Waals surface area contributed by atoms with Gasteiger partial charge in [0.05, 0.1) is 11.5 Å². The van der Waals surface area contributed by atoms with Gasteiger partial charge < -0.3 is 10.5 Å². The molecule has 1 heterocycles. The zero-order valence-corrected chi connectivity index (χ0v) is 7.97. The van der Waals surface area contributed by atoms with Crippen LogP contribution in [0.25, 0.3) is 0 Å². The number of ether oxygens (including phenoxy) is 1. The monoisotopic (exact) mass is 211 g/mol. The fourth-order valence-corrected chi connectivity index (χ4v) is 0.933. The van der Waals surface area contributed by atoms with Crippen molar-refractivity contribution in [3.8, 4) is 0 Å². The molecule has 0 saturated carbocycles. The smallest absolute Gasteiger partial charge is 0.356 e. The van der Waals surface area contributed by atoms with Gasteiger partial charge in [0.25, 0.3) is 0 Å². The molecule has 0 amide bonds. The highest BCUT2D eigenvalue weighted by molar-refractivity contribution is 5.88. The molecule has 15 heavy (non-hydrogen) atoms. The van der Waals surface area contributed by atoms with Gasteiger partial charge in [0.1, 0.15) is 11.9 Å². The summed E-state index contributed by atoms with van der Waals surface area (Å²) >= 11 is 0. The average Bonchev–Trinajstić information content (AvgIpc) is 2.17. The number of rotatable bonds is 3. The molecule has 0 spiro atoms. The molecule has 0 aromatic carbocycles. The predicted octanol–water partition coefficient (Wildman–Crippen LogP) is 0.749. The fraction of sp³-hybridized carbons (Fsp3) is 0.250. The van der Waals surface area contributed by atoms with E-state index >= 15 is 0 Å². The zero-order valence-electron chi connectivity index (χ0n) is 7.97. The molecule has 0 unspecified atom stereocenters. The first-order chi connectivity index (χ1) is 7.06. The third-order valence-corrected chi connectivity index (χ3v) is 1.60. The van der Waals surface area contributed by atoms with Crippen LogP contribution in [-0.4, -0.2) is 22.5 Å². The molecular weight excluding hydrogens is 202 g/mol. The van der Waals surface area contributed by atoms with E-state index in [9.17, 15) is 14.9 Å². The molecule has 1 aromatic rings. The minimum Gasteiger partial charge on any atom is -0.461 e. The van der Waals surface area contributed by atoms with Crippen molar-refractivity contribution in [3.05, 3.63) is 28.1 Å². The minimum atomic E-state index is -0.669. The van der Waals surface area contributed by atoms with E-state index in [2.05, 4.69) is 9.72 Å². The van der Waals surface area contributed by atoms with Gasteiger partial charge >= 0.3 is 11.7 Å². The summed E-state index contributed by atoms with van der Waals surface area (Å²) in [6.07, 6.45) is 0.932. The Labute approximate surface area is 85.0 Å². The molecule has 0 fully saturated rings. The highest BCUT2D eigenvalue weighted by atomic mass is 16.6. The van der Waals surface area contributed by atoms with Crippen molar-refractivity contribution in [1.29, 1.82) is 0 Å². The van der Waals surface area contributed by atoms with Crippen molar-refractivity contribution < 1.29 is 14.5 Å². The van der Waals surface area contributed by atoms with Crippen LogP contribution in [0, 0.1) is 10.1 Å². The van der Waals surface area contributed by atoms with Crippen LogP contribution < -0.4 is 5.73 Å². The molecular formula is C8H9N3O4. The highest BCUT2D eigenvalue weighted by Crippen LogP contribution is 2.20. The second kappa shape index (κ2) is 4.36. The first-order valence-corrected chi connectivity index (χ1v) is 4.13. The summed E-state index contributed by atoms with van der Waals surface area (Å²) in [6.45, 7) is 1.85. The number of carbonyl (C=O) groups is 1. The molecule has 0 bridgehead atoms. The molecule has 0 saturated heterocycles. The van der Waals surface area contributed by atoms with Crippen LogP contribution in [-0.2, 0) is 4.74 Å². The van der Waals surface area contributed by atoms with Crippen LogP contribution in [0.2, 0.25) is 0 Å². The molecule has 80 valence electrons. The van der Waals surface area contributed by atoms with E-state index in [1.54, 1.807) is 6.92 Å². The summed E-state index contributed by atoms with van der Waals surface area (Å²) in [4.78, 5) is 24.5. The van der Waals surface area contributed by atoms with Crippen LogP contribution >= 0.6 is 0 Å². The van der Waals surface area contributed by atoms with E-state index in [1.165, 1.54) is 0 Å². The van der Waals surface area contributed by atoms with E-state index in [0.717, 1.165) is 12.3 Å². The van der Waals surface area contributed by atoms with Crippen molar-refractivity contribution in [1.82, 2.24) is 4.98 Å². The van der Waals surface area contributed by atoms with E-state index in [0.29, 0.717) is 0 Å². The minimum absolute atomic E-state index is 0.0417. The highest BCUT2D eigenvalue weighted by Gasteiger charge is 2.16. The lowest BCUT2D eigenvalue weighted by atomic mass is 10.3. The van der Waals surface area contributed by atoms with E-state index in [4.69, 9.17) is 5.73 Å². The number of nitrogen functional groups attached to an aromatic ring is 1. The molecule has 1 aromatic heterocycles. The number of aromatic nitrogens is 1. The number of anilines is 1. The number of nitro groups is 1. The Morgan fingerprint density at radius 2 is 2.40 bits per heavy atom. The van der Waals surface area contributed by atoms with E-state index in [1.807, 2.05) is 0 Å². The number of carbonyl (C=O) groups excluding carboxylic acids is 1. The molecule has 1 rings (SSSR count). The van der Waals surface area contributed by atoms with Crippen molar-refractivity contribution in [3.63, 3.8) is 0 Å². The van der Waals surface area contributed by atoms with Crippen LogP contribution in [0.5, 0.6) is 0 Å². The lowest BCUT2D eigenvalue weighted by Gasteiger charge is -2.01. The normalized spacial score (nSPS) is 9.67. The van der Waals surface area contributed by atoms with Crippen LogP contribution in [0.4, 0.5) is 11.4 Å². The van der Waals surface area contributed by atoms with Crippen LogP contribution in [0.3, 0.4) is 0 Å². The van der Waals surface area contributed by atoms with Gasteiger partial charge in [-0.05, 0) is 6.92 Å². The number of hydrogen-bond acceptors (Lipinski definition) is 6.